The van der Waals surface area contributed by atoms with Crippen LogP contribution in [0.25, 0.3) is 0 Å². The van der Waals surface area contributed by atoms with Crippen LogP contribution in [-0.2, 0) is 4.79 Å². The molecule has 0 atom stereocenters. The highest BCUT2D eigenvalue weighted by Crippen LogP contribution is 2.43. The summed E-state index contributed by atoms with van der Waals surface area (Å²) in [6.45, 7) is 9.18. The summed E-state index contributed by atoms with van der Waals surface area (Å²) in [5.41, 5.74) is 0.335. The summed E-state index contributed by atoms with van der Waals surface area (Å²) in [6.07, 6.45) is 6.35. The van der Waals surface area contributed by atoms with E-state index in [1.807, 2.05) is 6.92 Å². The summed E-state index contributed by atoms with van der Waals surface area (Å²) in [5.74, 6) is 1.28. The Morgan fingerprint density at radius 2 is 2.00 bits per heavy atom. The number of guanidine groups is 1. The van der Waals surface area contributed by atoms with Crippen molar-refractivity contribution < 1.29 is 9.59 Å². The first-order valence-corrected chi connectivity index (χ1v) is 9.56. The standard InChI is InChI=1S/C18H33N5O2/c1-4-19-16(20-9-10-23-15(24)12-21-17(23)25)22-13-18(11-14(2)3)7-5-6-8-18/h14H,4-13H2,1-3H3,(H,21,25)(H2,19,20,22). The summed E-state index contributed by atoms with van der Waals surface area (Å²) in [7, 11) is 0. The van der Waals surface area contributed by atoms with E-state index in [1.165, 1.54) is 37.0 Å². The second kappa shape index (κ2) is 9.06. The Hall–Kier alpha value is -1.79. The van der Waals surface area contributed by atoms with Crippen LogP contribution in [0.4, 0.5) is 4.79 Å². The number of imide groups is 1. The smallest absolute Gasteiger partial charge is 0.324 e. The van der Waals surface area contributed by atoms with Gasteiger partial charge in [-0.2, -0.15) is 0 Å². The molecule has 1 aliphatic heterocycles. The first-order valence-electron chi connectivity index (χ1n) is 9.56. The van der Waals surface area contributed by atoms with E-state index in [4.69, 9.17) is 4.99 Å². The highest BCUT2D eigenvalue weighted by Gasteiger charge is 2.34. The second-order valence-electron chi connectivity index (χ2n) is 7.63. The topological polar surface area (TPSA) is 85.8 Å². The van der Waals surface area contributed by atoms with Crippen LogP contribution in [0.1, 0.15) is 52.9 Å². The van der Waals surface area contributed by atoms with Crippen LogP contribution in [0.5, 0.6) is 0 Å². The quantitative estimate of drug-likeness (QED) is 0.353. The van der Waals surface area contributed by atoms with Crippen molar-refractivity contribution in [3.05, 3.63) is 0 Å². The van der Waals surface area contributed by atoms with Gasteiger partial charge in [-0.15, -0.1) is 0 Å². The predicted octanol–water partition coefficient (Wildman–Crippen LogP) is 1.70. The molecule has 2 fully saturated rings. The summed E-state index contributed by atoms with van der Waals surface area (Å²) >= 11 is 0. The van der Waals surface area contributed by atoms with Gasteiger partial charge in [-0.1, -0.05) is 26.7 Å². The van der Waals surface area contributed by atoms with E-state index in [2.05, 4.69) is 29.8 Å². The lowest BCUT2D eigenvalue weighted by molar-refractivity contribution is -0.124. The van der Waals surface area contributed by atoms with Crippen molar-refractivity contribution in [1.29, 1.82) is 0 Å². The zero-order valence-electron chi connectivity index (χ0n) is 15.9. The summed E-state index contributed by atoms with van der Waals surface area (Å²) in [6, 6.07) is -0.310. The number of nitrogens with zero attached hydrogens (tertiary/aromatic N) is 2. The normalized spacial score (nSPS) is 20.3. The molecule has 0 aromatic rings. The van der Waals surface area contributed by atoms with Crippen LogP contribution in [0, 0.1) is 11.3 Å². The number of rotatable bonds is 8. The SMILES string of the molecule is CCNC(=NCC1(CC(C)C)CCCC1)NCCN1C(=O)CNC1=O. The molecule has 0 aromatic carbocycles. The van der Waals surface area contributed by atoms with Crippen LogP contribution in [0.3, 0.4) is 0 Å². The average Bonchev–Trinajstić information content (AvgIpc) is 3.13. The van der Waals surface area contributed by atoms with Gasteiger partial charge in [-0.25, -0.2) is 4.79 Å². The van der Waals surface area contributed by atoms with E-state index < -0.39 is 0 Å². The Kier molecular flexibility index (Phi) is 7.08. The third-order valence-electron chi connectivity index (χ3n) is 4.99. The maximum Gasteiger partial charge on any atom is 0.324 e. The Morgan fingerprint density at radius 3 is 2.56 bits per heavy atom. The van der Waals surface area contributed by atoms with Gasteiger partial charge in [0.1, 0.15) is 0 Å². The van der Waals surface area contributed by atoms with Crippen molar-refractivity contribution >= 4 is 17.9 Å². The molecule has 0 unspecified atom stereocenters. The lowest BCUT2D eigenvalue weighted by atomic mass is 9.78. The van der Waals surface area contributed by atoms with Crippen molar-refractivity contribution in [1.82, 2.24) is 20.9 Å². The first kappa shape index (κ1) is 19.5. The van der Waals surface area contributed by atoms with Gasteiger partial charge < -0.3 is 16.0 Å². The number of hydrogen-bond donors (Lipinski definition) is 3. The molecule has 1 saturated carbocycles. The highest BCUT2D eigenvalue weighted by atomic mass is 16.2. The number of hydrogen-bond acceptors (Lipinski definition) is 3. The molecule has 1 saturated heterocycles. The molecular formula is C18H33N5O2. The van der Waals surface area contributed by atoms with Gasteiger partial charge in [0.05, 0.1) is 6.54 Å². The Balaban J connectivity index is 1.88. The van der Waals surface area contributed by atoms with E-state index in [-0.39, 0.29) is 18.5 Å². The number of nitrogens with one attached hydrogen (secondary N) is 3. The van der Waals surface area contributed by atoms with Gasteiger partial charge in [0.25, 0.3) is 0 Å². The van der Waals surface area contributed by atoms with Crippen LogP contribution >= 0.6 is 0 Å². The first-order chi connectivity index (χ1) is 12.0. The molecule has 3 N–H and O–H groups in total. The van der Waals surface area contributed by atoms with Gasteiger partial charge in [0.2, 0.25) is 5.91 Å². The minimum atomic E-state index is -0.310. The van der Waals surface area contributed by atoms with E-state index in [1.54, 1.807) is 0 Å². The maximum absolute atomic E-state index is 11.6. The molecule has 7 nitrogen and oxygen atoms in total. The van der Waals surface area contributed by atoms with Crippen molar-refractivity contribution in [2.45, 2.75) is 52.9 Å². The van der Waals surface area contributed by atoms with Crippen LogP contribution in [0.15, 0.2) is 4.99 Å². The fourth-order valence-corrected chi connectivity index (χ4v) is 3.97. The van der Waals surface area contributed by atoms with Gasteiger partial charge in [-0.05, 0) is 37.5 Å². The largest absolute Gasteiger partial charge is 0.357 e. The number of carbonyl (C=O) groups is 2. The minimum Gasteiger partial charge on any atom is -0.357 e. The summed E-state index contributed by atoms with van der Waals surface area (Å²) < 4.78 is 0. The zero-order chi connectivity index (χ0) is 18.3. The maximum atomic E-state index is 11.6. The molecule has 0 spiro atoms. The van der Waals surface area contributed by atoms with Crippen LogP contribution in [-0.4, -0.2) is 55.5 Å². The summed E-state index contributed by atoms with van der Waals surface area (Å²) in [5, 5.41) is 9.04. The highest BCUT2D eigenvalue weighted by molar-refractivity contribution is 6.01. The number of aliphatic imine (C=N–C) groups is 1. The molecule has 0 bridgehead atoms. The summed E-state index contributed by atoms with van der Waals surface area (Å²) in [4.78, 5) is 29.2. The third kappa shape index (κ3) is 5.61. The lowest BCUT2D eigenvalue weighted by Crippen LogP contribution is -2.43. The molecular weight excluding hydrogens is 318 g/mol. The van der Waals surface area contributed by atoms with E-state index in [0.29, 0.717) is 24.4 Å². The van der Waals surface area contributed by atoms with Crippen molar-refractivity contribution in [3.63, 3.8) is 0 Å². The Morgan fingerprint density at radius 1 is 1.28 bits per heavy atom. The van der Waals surface area contributed by atoms with Crippen molar-refractivity contribution in [2.24, 2.45) is 16.3 Å². The molecule has 0 radical (unpaired) electrons. The molecule has 1 aliphatic carbocycles. The van der Waals surface area contributed by atoms with Crippen LogP contribution < -0.4 is 16.0 Å². The van der Waals surface area contributed by atoms with E-state index in [0.717, 1.165) is 19.0 Å². The zero-order valence-corrected chi connectivity index (χ0v) is 15.9. The molecule has 25 heavy (non-hydrogen) atoms. The van der Waals surface area contributed by atoms with Gasteiger partial charge >= 0.3 is 6.03 Å². The molecule has 3 amide bonds. The third-order valence-corrected chi connectivity index (χ3v) is 4.99. The molecule has 2 rings (SSSR count). The van der Waals surface area contributed by atoms with Gasteiger partial charge in [0.15, 0.2) is 5.96 Å². The second-order valence-corrected chi connectivity index (χ2v) is 7.63. The lowest BCUT2D eigenvalue weighted by Gasteiger charge is -2.29. The average molecular weight is 351 g/mol. The molecule has 0 aromatic heterocycles. The Labute approximate surface area is 151 Å². The fraction of sp³-hybridized carbons (Fsp3) is 0.833. The van der Waals surface area contributed by atoms with Crippen LogP contribution in [0.2, 0.25) is 0 Å². The van der Waals surface area contributed by atoms with E-state index in [9.17, 15) is 9.59 Å². The molecule has 7 heteroatoms. The minimum absolute atomic E-state index is 0.102. The predicted molar refractivity (Wildman–Crippen MR) is 99.4 cm³/mol. The number of carbonyl (C=O) groups excluding carboxylic acids is 2. The Bertz CT molecular complexity index is 482. The molecule has 142 valence electrons. The van der Waals surface area contributed by atoms with Crippen molar-refractivity contribution in [3.8, 4) is 0 Å². The van der Waals surface area contributed by atoms with Gasteiger partial charge in [0, 0.05) is 26.2 Å². The number of urea groups is 1. The molecule has 2 aliphatic rings. The fourth-order valence-electron chi connectivity index (χ4n) is 3.97. The molecule has 1 heterocycles. The van der Waals surface area contributed by atoms with Crippen molar-refractivity contribution in [2.75, 3.05) is 32.7 Å². The monoisotopic (exact) mass is 351 g/mol. The van der Waals surface area contributed by atoms with Gasteiger partial charge in [-0.3, -0.25) is 14.7 Å². The number of amides is 3. The van der Waals surface area contributed by atoms with E-state index >= 15 is 0 Å².